The first-order chi connectivity index (χ1) is 12.5. The lowest BCUT2D eigenvalue weighted by molar-refractivity contribution is -0.136. The van der Waals surface area contributed by atoms with Crippen molar-refractivity contribution in [1.29, 1.82) is 0 Å². The van der Waals surface area contributed by atoms with Crippen molar-refractivity contribution in [2.45, 2.75) is 57.2 Å². The molecule has 0 radical (unpaired) electrons. The predicted molar refractivity (Wildman–Crippen MR) is 101 cm³/mol. The van der Waals surface area contributed by atoms with Crippen molar-refractivity contribution >= 4 is 23.5 Å². The summed E-state index contributed by atoms with van der Waals surface area (Å²) >= 11 is 6.06. The van der Waals surface area contributed by atoms with Crippen molar-refractivity contribution in [1.82, 2.24) is 21.1 Å². The second-order valence-electron chi connectivity index (χ2n) is 7.34. The fourth-order valence-electron chi connectivity index (χ4n) is 3.80. The number of carbonyl (C=O) groups excluding carboxylic acids is 2. The maximum atomic E-state index is 12.2. The van der Waals surface area contributed by atoms with Crippen LogP contribution in [-0.4, -0.2) is 36.2 Å². The van der Waals surface area contributed by atoms with Crippen LogP contribution in [0.25, 0.3) is 0 Å². The smallest absolute Gasteiger partial charge is 0.316 e. The molecule has 1 saturated carbocycles. The minimum absolute atomic E-state index is 0.0430. The number of hydrogen-bond donors (Lipinski definition) is 3. The maximum absolute atomic E-state index is 12.2. The number of carbonyl (C=O) groups is 2. The van der Waals surface area contributed by atoms with Crippen LogP contribution in [0.4, 0.5) is 4.79 Å². The van der Waals surface area contributed by atoms with Gasteiger partial charge in [-0.15, -0.1) is 0 Å². The van der Waals surface area contributed by atoms with Crippen LogP contribution in [0.15, 0.2) is 24.3 Å². The molecular formula is C19H27ClN4O2. The second-order valence-corrected chi connectivity index (χ2v) is 7.78. The molecule has 0 aromatic heterocycles. The summed E-state index contributed by atoms with van der Waals surface area (Å²) in [4.78, 5) is 23.6. The molecule has 6 nitrogen and oxygen atoms in total. The SMILES string of the molecule is CN1NC(NC(=O)NC2CCC(Cc3cccc(Cl)c3)CC2)CCC1=O. The number of benzene rings is 1. The number of urea groups is 1. The number of hydrogen-bond acceptors (Lipinski definition) is 3. The Hall–Kier alpha value is -1.79. The van der Waals surface area contributed by atoms with Crippen molar-refractivity contribution in [2.75, 3.05) is 7.05 Å². The molecule has 26 heavy (non-hydrogen) atoms. The molecule has 1 atom stereocenters. The summed E-state index contributed by atoms with van der Waals surface area (Å²) in [6.07, 6.45) is 6.12. The normalized spacial score (nSPS) is 26.5. The first-order valence-electron chi connectivity index (χ1n) is 9.34. The van der Waals surface area contributed by atoms with Gasteiger partial charge >= 0.3 is 6.03 Å². The van der Waals surface area contributed by atoms with Crippen molar-refractivity contribution in [3.8, 4) is 0 Å². The highest BCUT2D eigenvalue weighted by atomic mass is 35.5. The number of nitrogens with one attached hydrogen (secondary N) is 3. The van der Waals surface area contributed by atoms with Gasteiger partial charge in [-0.25, -0.2) is 10.2 Å². The van der Waals surface area contributed by atoms with E-state index in [1.165, 1.54) is 10.6 Å². The number of rotatable bonds is 4. The van der Waals surface area contributed by atoms with E-state index in [9.17, 15) is 9.59 Å². The summed E-state index contributed by atoms with van der Waals surface area (Å²) in [6.45, 7) is 0. The standard InChI is InChI=1S/C19H27ClN4O2/c1-24-18(25)10-9-17(23-24)22-19(26)21-16-7-5-13(6-8-16)11-14-3-2-4-15(20)12-14/h2-4,12-13,16-17,23H,5-11H2,1H3,(H2,21,22,26). The summed E-state index contributed by atoms with van der Waals surface area (Å²) < 4.78 is 0. The summed E-state index contributed by atoms with van der Waals surface area (Å²) in [7, 11) is 1.68. The molecule has 2 aliphatic rings. The third-order valence-corrected chi connectivity index (χ3v) is 5.51. The van der Waals surface area contributed by atoms with Gasteiger partial charge < -0.3 is 10.6 Å². The van der Waals surface area contributed by atoms with Crippen LogP contribution in [0, 0.1) is 5.92 Å². The van der Waals surface area contributed by atoms with E-state index >= 15 is 0 Å². The van der Waals surface area contributed by atoms with Gasteiger partial charge in [0, 0.05) is 24.5 Å². The zero-order valence-corrected chi connectivity index (χ0v) is 15.9. The Morgan fingerprint density at radius 1 is 1.23 bits per heavy atom. The lowest BCUT2D eigenvalue weighted by atomic mass is 9.82. The molecule has 3 rings (SSSR count). The van der Waals surface area contributed by atoms with Crippen LogP contribution >= 0.6 is 11.6 Å². The fourth-order valence-corrected chi connectivity index (χ4v) is 4.02. The Balaban J connectivity index is 1.38. The quantitative estimate of drug-likeness (QED) is 0.754. The van der Waals surface area contributed by atoms with Crippen LogP contribution < -0.4 is 16.1 Å². The van der Waals surface area contributed by atoms with Crippen LogP contribution in [-0.2, 0) is 11.2 Å². The van der Waals surface area contributed by atoms with Gasteiger partial charge in [0.2, 0.25) is 5.91 Å². The molecular weight excluding hydrogens is 352 g/mol. The Labute approximate surface area is 159 Å². The summed E-state index contributed by atoms with van der Waals surface area (Å²) in [5.41, 5.74) is 4.26. The second kappa shape index (κ2) is 8.73. The molecule has 142 valence electrons. The number of hydrazine groups is 1. The third-order valence-electron chi connectivity index (χ3n) is 5.27. The summed E-state index contributed by atoms with van der Waals surface area (Å²) in [6, 6.07) is 8.12. The monoisotopic (exact) mass is 378 g/mol. The van der Waals surface area contributed by atoms with Gasteiger partial charge in [0.1, 0.15) is 0 Å². The summed E-state index contributed by atoms with van der Waals surface area (Å²) in [5.74, 6) is 0.690. The number of nitrogens with zero attached hydrogens (tertiary/aromatic N) is 1. The van der Waals surface area contributed by atoms with Crippen LogP contribution in [0.2, 0.25) is 5.02 Å². The van der Waals surface area contributed by atoms with Crippen LogP contribution in [0.5, 0.6) is 0 Å². The van der Waals surface area contributed by atoms with Crippen LogP contribution in [0.1, 0.15) is 44.1 Å². The fraction of sp³-hybridized carbons (Fsp3) is 0.579. The van der Waals surface area contributed by atoms with Crippen molar-refractivity contribution in [3.63, 3.8) is 0 Å². The van der Waals surface area contributed by atoms with E-state index in [-0.39, 0.29) is 24.1 Å². The molecule has 1 unspecified atom stereocenters. The lowest BCUT2D eigenvalue weighted by Gasteiger charge is -2.33. The molecule has 1 aromatic carbocycles. The molecule has 1 saturated heterocycles. The summed E-state index contributed by atoms with van der Waals surface area (Å²) in [5, 5.41) is 8.21. The Morgan fingerprint density at radius 3 is 2.69 bits per heavy atom. The van der Waals surface area contributed by atoms with Crippen molar-refractivity contribution < 1.29 is 9.59 Å². The zero-order valence-electron chi connectivity index (χ0n) is 15.1. The molecule has 0 bridgehead atoms. The number of amides is 3. The van der Waals surface area contributed by atoms with E-state index < -0.39 is 0 Å². The third kappa shape index (κ3) is 5.35. The highest BCUT2D eigenvalue weighted by molar-refractivity contribution is 6.30. The molecule has 1 aliphatic heterocycles. The van der Waals surface area contributed by atoms with Gasteiger partial charge in [-0.2, -0.15) is 0 Å². The Kier molecular flexibility index (Phi) is 6.38. The van der Waals surface area contributed by atoms with Crippen molar-refractivity contribution in [2.24, 2.45) is 5.92 Å². The van der Waals surface area contributed by atoms with Gasteiger partial charge in [0.15, 0.2) is 0 Å². The minimum Gasteiger partial charge on any atom is -0.335 e. The molecule has 1 aliphatic carbocycles. The molecule has 1 aromatic rings. The average Bonchev–Trinajstić information content (AvgIpc) is 2.60. The first kappa shape index (κ1) is 19.0. The van der Waals surface area contributed by atoms with Crippen LogP contribution in [0.3, 0.4) is 0 Å². The van der Waals surface area contributed by atoms with Crippen molar-refractivity contribution in [3.05, 3.63) is 34.9 Å². The molecule has 3 N–H and O–H groups in total. The molecule has 0 spiro atoms. The number of halogens is 1. The lowest BCUT2D eigenvalue weighted by Crippen LogP contribution is -2.59. The van der Waals surface area contributed by atoms with Gasteiger partial charge in [0.05, 0.1) is 6.17 Å². The van der Waals surface area contributed by atoms with E-state index in [1.807, 2.05) is 18.2 Å². The van der Waals surface area contributed by atoms with Gasteiger partial charge in [0.25, 0.3) is 0 Å². The zero-order chi connectivity index (χ0) is 18.5. The topological polar surface area (TPSA) is 73.5 Å². The van der Waals surface area contributed by atoms with E-state index in [0.717, 1.165) is 37.1 Å². The van der Waals surface area contributed by atoms with Gasteiger partial charge in [-0.05, 0) is 62.1 Å². The molecule has 3 amide bonds. The van der Waals surface area contributed by atoms with E-state index in [2.05, 4.69) is 22.1 Å². The van der Waals surface area contributed by atoms with Gasteiger partial charge in [-0.3, -0.25) is 9.80 Å². The molecule has 2 fully saturated rings. The first-order valence-corrected chi connectivity index (χ1v) is 9.71. The van der Waals surface area contributed by atoms with E-state index in [4.69, 9.17) is 11.6 Å². The Morgan fingerprint density at radius 2 is 2.00 bits per heavy atom. The molecule has 1 heterocycles. The highest BCUT2D eigenvalue weighted by Gasteiger charge is 2.26. The largest absolute Gasteiger partial charge is 0.335 e. The Bertz CT molecular complexity index is 646. The maximum Gasteiger partial charge on any atom is 0.316 e. The van der Waals surface area contributed by atoms with E-state index in [0.29, 0.717) is 18.8 Å². The van der Waals surface area contributed by atoms with E-state index in [1.54, 1.807) is 7.05 Å². The predicted octanol–water partition coefficient (Wildman–Crippen LogP) is 2.82. The molecule has 7 heteroatoms. The minimum atomic E-state index is -0.197. The average molecular weight is 379 g/mol. The van der Waals surface area contributed by atoms with Gasteiger partial charge in [-0.1, -0.05) is 23.7 Å². The highest BCUT2D eigenvalue weighted by Crippen LogP contribution is 2.28.